The van der Waals surface area contributed by atoms with Gasteiger partial charge in [0.15, 0.2) is 6.61 Å². The van der Waals surface area contributed by atoms with Gasteiger partial charge < -0.3 is 14.7 Å². The second kappa shape index (κ2) is 7.33. The summed E-state index contributed by atoms with van der Waals surface area (Å²) in [6.45, 7) is 0.555. The van der Waals surface area contributed by atoms with Crippen molar-refractivity contribution in [1.29, 1.82) is 0 Å². The highest BCUT2D eigenvalue weighted by Gasteiger charge is 2.44. The van der Waals surface area contributed by atoms with Crippen molar-refractivity contribution in [3.05, 3.63) is 0 Å². The SMILES string of the molecule is CCOC(=O)COC(=O)C(F)(F)SOO[O-]. The van der Waals surface area contributed by atoms with Crippen LogP contribution in [-0.2, 0) is 28.4 Å². The molecule has 0 heterocycles. The molecule has 0 aromatic carbocycles. The molecule has 0 bridgehead atoms. The van der Waals surface area contributed by atoms with Crippen LogP contribution in [0.5, 0.6) is 0 Å². The van der Waals surface area contributed by atoms with Gasteiger partial charge in [0.1, 0.15) is 12.0 Å². The molecule has 0 rings (SSSR count). The Kier molecular flexibility index (Phi) is 6.88. The van der Waals surface area contributed by atoms with Gasteiger partial charge in [0.25, 0.3) is 0 Å². The van der Waals surface area contributed by atoms with Crippen LogP contribution >= 0.6 is 12.0 Å². The number of halogens is 2. The fraction of sp³-hybridized carbons (Fsp3) is 0.667. The van der Waals surface area contributed by atoms with Gasteiger partial charge in [-0.2, -0.15) is 13.1 Å². The van der Waals surface area contributed by atoms with Crippen molar-refractivity contribution in [1.82, 2.24) is 0 Å². The standard InChI is InChI=1S/C6H8F2O7S/c1-2-12-4(9)3-13-5(10)6(7,8)16-15-14-11/h11H,2-3H2,1H3/p-1. The Labute approximate surface area is 92.7 Å². The fourth-order valence-corrected chi connectivity index (χ4v) is 0.742. The normalized spacial score (nSPS) is 11.0. The lowest BCUT2D eigenvalue weighted by Gasteiger charge is -2.13. The van der Waals surface area contributed by atoms with Crippen molar-refractivity contribution in [2.45, 2.75) is 12.2 Å². The predicted octanol–water partition coefficient (Wildman–Crippen LogP) is -0.443. The Morgan fingerprint density at radius 2 is 2.00 bits per heavy atom. The number of hydrogen-bond acceptors (Lipinski definition) is 8. The molecule has 0 aliphatic carbocycles. The maximum atomic E-state index is 12.6. The lowest BCUT2D eigenvalue weighted by Crippen LogP contribution is -2.30. The van der Waals surface area contributed by atoms with Crippen molar-refractivity contribution >= 4 is 24.0 Å². The van der Waals surface area contributed by atoms with Crippen LogP contribution in [0, 0.1) is 0 Å². The first-order chi connectivity index (χ1) is 7.44. The molecule has 0 aromatic rings. The van der Waals surface area contributed by atoms with Crippen LogP contribution in [0.15, 0.2) is 0 Å². The zero-order valence-corrected chi connectivity index (χ0v) is 8.75. The quantitative estimate of drug-likeness (QED) is 0.263. The van der Waals surface area contributed by atoms with Crippen LogP contribution < -0.4 is 5.26 Å². The van der Waals surface area contributed by atoms with Gasteiger partial charge in [-0.25, -0.2) is 9.59 Å². The minimum atomic E-state index is -4.16. The average molecular weight is 261 g/mol. The Morgan fingerprint density at radius 3 is 2.50 bits per heavy atom. The number of carbonyl (C=O) groups excluding carboxylic acids is 2. The third kappa shape index (κ3) is 5.80. The molecule has 0 unspecified atom stereocenters. The molecule has 0 atom stereocenters. The van der Waals surface area contributed by atoms with Crippen molar-refractivity contribution < 1.29 is 42.5 Å². The molecule has 16 heavy (non-hydrogen) atoms. The molecule has 0 aliphatic rings. The Balaban J connectivity index is 3.99. The summed E-state index contributed by atoms with van der Waals surface area (Å²) in [5.41, 5.74) is 0. The summed E-state index contributed by atoms with van der Waals surface area (Å²) in [5.74, 6) is -3.03. The summed E-state index contributed by atoms with van der Waals surface area (Å²) in [6.07, 6.45) is 0. The van der Waals surface area contributed by atoms with E-state index < -0.39 is 35.8 Å². The van der Waals surface area contributed by atoms with E-state index in [0.717, 1.165) is 0 Å². The number of esters is 2. The molecule has 0 N–H and O–H groups in total. The van der Waals surface area contributed by atoms with Gasteiger partial charge in [-0.3, -0.25) is 5.04 Å². The molecular weight excluding hydrogens is 254 g/mol. The van der Waals surface area contributed by atoms with Crippen LogP contribution in [-0.4, -0.2) is 30.4 Å². The van der Waals surface area contributed by atoms with Gasteiger partial charge in [-0.15, -0.1) is 0 Å². The molecule has 0 fully saturated rings. The molecule has 0 spiro atoms. The number of rotatable bonds is 7. The van der Waals surface area contributed by atoms with Crippen molar-refractivity contribution in [3.8, 4) is 0 Å². The third-order valence-electron chi connectivity index (χ3n) is 1.03. The van der Waals surface area contributed by atoms with Gasteiger partial charge in [0, 0.05) is 0 Å². The summed E-state index contributed by atoms with van der Waals surface area (Å²) in [5, 5.41) is 7.72. The molecule has 0 amide bonds. The predicted molar refractivity (Wildman–Crippen MR) is 42.3 cm³/mol. The Morgan fingerprint density at radius 1 is 1.38 bits per heavy atom. The zero-order valence-electron chi connectivity index (χ0n) is 7.94. The van der Waals surface area contributed by atoms with Gasteiger partial charge in [-0.05, 0) is 6.92 Å². The van der Waals surface area contributed by atoms with E-state index in [1.165, 1.54) is 6.92 Å². The van der Waals surface area contributed by atoms with E-state index in [0.29, 0.717) is 0 Å². The first-order valence-corrected chi connectivity index (χ1v) is 4.53. The summed E-state index contributed by atoms with van der Waals surface area (Å²) in [4.78, 5) is 21.3. The van der Waals surface area contributed by atoms with E-state index in [1.54, 1.807) is 0 Å². The van der Waals surface area contributed by atoms with Gasteiger partial charge in [0.2, 0.25) is 0 Å². The minimum Gasteiger partial charge on any atom is -0.691 e. The Hall–Kier alpha value is -0.970. The highest BCUT2D eigenvalue weighted by molar-refractivity contribution is 7.96. The van der Waals surface area contributed by atoms with Crippen LogP contribution in [0.2, 0.25) is 0 Å². The van der Waals surface area contributed by atoms with Gasteiger partial charge in [-0.1, -0.05) is 0 Å². The summed E-state index contributed by atoms with van der Waals surface area (Å²) in [7, 11) is 0. The van der Waals surface area contributed by atoms with Crippen molar-refractivity contribution in [2.75, 3.05) is 13.2 Å². The van der Waals surface area contributed by atoms with E-state index in [2.05, 4.69) is 18.8 Å². The molecule has 94 valence electrons. The van der Waals surface area contributed by atoms with E-state index in [-0.39, 0.29) is 6.61 Å². The monoisotopic (exact) mass is 261 g/mol. The highest BCUT2D eigenvalue weighted by Crippen LogP contribution is 2.30. The second-order valence-electron chi connectivity index (χ2n) is 2.12. The summed E-state index contributed by atoms with van der Waals surface area (Å²) >= 11 is -0.843. The number of carbonyl (C=O) groups is 2. The second-order valence-corrected chi connectivity index (χ2v) is 2.93. The fourth-order valence-electron chi connectivity index (χ4n) is 0.502. The molecular formula is C6H7F2O7S-. The van der Waals surface area contributed by atoms with E-state index in [4.69, 9.17) is 0 Å². The smallest absolute Gasteiger partial charge is 0.415 e. The van der Waals surface area contributed by atoms with Gasteiger partial charge in [0.05, 0.1) is 6.61 Å². The first-order valence-electron chi connectivity index (χ1n) is 3.79. The molecule has 0 saturated heterocycles. The Bertz CT molecular complexity index is 247. The number of ether oxygens (including phenoxy) is 2. The molecule has 10 heteroatoms. The largest absolute Gasteiger partial charge is 0.691 e. The average Bonchev–Trinajstić information content (AvgIpc) is 2.23. The number of alkyl halides is 2. The van der Waals surface area contributed by atoms with Crippen molar-refractivity contribution in [2.24, 2.45) is 0 Å². The summed E-state index contributed by atoms with van der Waals surface area (Å²) in [6, 6.07) is 0. The highest BCUT2D eigenvalue weighted by atomic mass is 32.2. The van der Waals surface area contributed by atoms with Crippen LogP contribution in [0.3, 0.4) is 0 Å². The number of hydrogen-bond donors (Lipinski definition) is 0. The maximum absolute atomic E-state index is 12.6. The molecule has 0 radical (unpaired) electrons. The van der Waals surface area contributed by atoms with Crippen LogP contribution in [0.1, 0.15) is 6.92 Å². The third-order valence-corrected chi connectivity index (χ3v) is 1.53. The topological polar surface area (TPSA) is 94.1 Å². The van der Waals surface area contributed by atoms with E-state index in [1.807, 2.05) is 0 Å². The van der Waals surface area contributed by atoms with Crippen LogP contribution in [0.25, 0.3) is 0 Å². The molecule has 0 saturated carbocycles. The minimum absolute atomic E-state index is 0.0225. The zero-order chi connectivity index (χ0) is 12.6. The lowest BCUT2D eigenvalue weighted by atomic mass is 10.6. The first kappa shape index (κ1) is 15.0. The molecule has 0 aromatic heterocycles. The van der Waals surface area contributed by atoms with Crippen LogP contribution in [0.4, 0.5) is 8.78 Å². The van der Waals surface area contributed by atoms with E-state index in [9.17, 15) is 23.6 Å². The molecule has 7 nitrogen and oxygen atoms in total. The van der Waals surface area contributed by atoms with Gasteiger partial charge >= 0.3 is 17.2 Å². The summed E-state index contributed by atoms with van der Waals surface area (Å²) < 4.78 is 36.7. The lowest BCUT2D eigenvalue weighted by molar-refractivity contribution is -0.777. The van der Waals surface area contributed by atoms with Crippen molar-refractivity contribution in [3.63, 3.8) is 0 Å². The molecule has 0 aliphatic heterocycles. The van der Waals surface area contributed by atoms with E-state index >= 15 is 0 Å². The maximum Gasteiger partial charge on any atom is 0.415 e.